The van der Waals surface area contributed by atoms with Gasteiger partial charge >= 0.3 is 0 Å². The van der Waals surface area contributed by atoms with Crippen molar-refractivity contribution in [1.29, 1.82) is 0 Å². The van der Waals surface area contributed by atoms with Crippen LogP contribution in [0.5, 0.6) is 5.75 Å². The zero-order valence-corrected chi connectivity index (χ0v) is 14.8. The van der Waals surface area contributed by atoms with E-state index in [4.69, 9.17) is 4.74 Å². The Labute approximate surface area is 147 Å². The number of hydrogen-bond acceptors (Lipinski definition) is 3. The van der Waals surface area contributed by atoms with Gasteiger partial charge in [-0.25, -0.2) is 4.98 Å². The van der Waals surface area contributed by atoms with Gasteiger partial charge in [-0.2, -0.15) is 0 Å². The van der Waals surface area contributed by atoms with Crippen LogP contribution in [-0.4, -0.2) is 28.6 Å². The first-order valence-corrected chi connectivity index (χ1v) is 8.40. The van der Waals surface area contributed by atoms with Crippen LogP contribution in [0.4, 0.5) is 0 Å². The predicted octanol–water partition coefficient (Wildman–Crippen LogP) is 3.35. The van der Waals surface area contributed by atoms with Crippen LogP contribution in [0.15, 0.2) is 55.1 Å². The number of imidazole rings is 1. The van der Waals surface area contributed by atoms with Crippen molar-refractivity contribution >= 4 is 16.7 Å². The van der Waals surface area contributed by atoms with Crippen LogP contribution >= 0.6 is 0 Å². The van der Waals surface area contributed by atoms with Crippen molar-refractivity contribution in [1.82, 2.24) is 14.9 Å². The molecular formula is C20H23N3O2. The minimum atomic E-state index is -0.211. The first-order chi connectivity index (χ1) is 12.1. The first-order valence-electron chi connectivity index (χ1n) is 8.40. The number of benzene rings is 2. The van der Waals surface area contributed by atoms with Gasteiger partial charge in [0.25, 0.3) is 0 Å². The molecule has 3 rings (SSSR count). The molecule has 0 saturated carbocycles. The number of rotatable bonds is 6. The van der Waals surface area contributed by atoms with Gasteiger partial charge in [0.15, 0.2) is 0 Å². The monoisotopic (exact) mass is 337 g/mol. The Morgan fingerprint density at radius 1 is 1.20 bits per heavy atom. The summed E-state index contributed by atoms with van der Waals surface area (Å²) in [5.74, 6) is 0.650. The topological polar surface area (TPSA) is 56.1 Å². The number of ether oxygens (including phenoxy) is 1. The highest BCUT2D eigenvalue weighted by molar-refractivity contribution is 5.88. The molecule has 1 N–H and O–H groups in total. The molecule has 0 aliphatic carbocycles. The standard InChI is InChI=1S/C20H23N3O2/c1-14(12-23-9-8-21-13-23)22-20(24)15(2)16-4-5-18-11-19(25-3)7-6-17(18)10-16/h4-11,13-15H,12H2,1-3H3,(H,22,24)/t14-,15-/m0/s1. The number of nitrogens with one attached hydrogen (secondary N) is 1. The van der Waals surface area contributed by atoms with E-state index in [9.17, 15) is 4.79 Å². The fourth-order valence-corrected chi connectivity index (χ4v) is 2.91. The van der Waals surface area contributed by atoms with Gasteiger partial charge in [-0.05, 0) is 42.3 Å². The highest BCUT2D eigenvalue weighted by Gasteiger charge is 2.17. The molecule has 0 bridgehead atoms. The van der Waals surface area contributed by atoms with E-state index in [-0.39, 0.29) is 17.9 Å². The van der Waals surface area contributed by atoms with Crippen LogP contribution in [0.1, 0.15) is 25.3 Å². The summed E-state index contributed by atoms with van der Waals surface area (Å²) in [6.45, 7) is 4.64. The average molecular weight is 337 g/mol. The molecular weight excluding hydrogens is 314 g/mol. The highest BCUT2D eigenvalue weighted by atomic mass is 16.5. The molecule has 3 aromatic rings. The third-order valence-electron chi connectivity index (χ3n) is 4.40. The largest absolute Gasteiger partial charge is 0.497 e. The van der Waals surface area contributed by atoms with Gasteiger partial charge in [0.05, 0.1) is 19.4 Å². The van der Waals surface area contributed by atoms with Gasteiger partial charge in [0.2, 0.25) is 5.91 Å². The fraction of sp³-hybridized carbons (Fsp3) is 0.300. The Morgan fingerprint density at radius 2 is 1.96 bits per heavy atom. The molecule has 0 spiro atoms. The van der Waals surface area contributed by atoms with E-state index in [0.29, 0.717) is 6.54 Å². The lowest BCUT2D eigenvalue weighted by molar-refractivity contribution is -0.122. The van der Waals surface area contributed by atoms with Crippen LogP contribution < -0.4 is 10.1 Å². The average Bonchev–Trinajstić information content (AvgIpc) is 3.12. The summed E-state index contributed by atoms with van der Waals surface area (Å²) in [7, 11) is 1.66. The number of fused-ring (bicyclic) bond motifs is 1. The SMILES string of the molecule is COc1ccc2cc([C@H](C)C(=O)N[C@@H](C)Cn3ccnc3)ccc2c1. The van der Waals surface area contributed by atoms with Gasteiger partial charge in [0.1, 0.15) is 5.75 Å². The lowest BCUT2D eigenvalue weighted by Gasteiger charge is -2.18. The van der Waals surface area contributed by atoms with Crippen molar-refractivity contribution in [2.75, 3.05) is 7.11 Å². The van der Waals surface area contributed by atoms with Gasteiger partial charge in [0, 0.05) is 25.0 Å². The number of nitrogens with zero attached hydrogens (tertiary/aromatic N) is 2. The molecule has 2 aromatic carbocycles. The van der Waals surface area contributed by atoms with E-state index in [0.717, 1.165) is 22.1 Å². The van der Waals surface area contributed by atoms with Crippen molar-refractivity contribution in [3.8, 4) is 5.75 Å². The number of hydrogen-bond donors (Lipinski definition) is 1. The molecule has 1 amide bonds. The third kappa shape index (κ3) is 3.99. The first kappa shape index (κ1) is 17.0. The van der Waals surface area contributed by atoms with Crippen molar-refractivity contribution in [3.05, 3.63) is 60.7 Å². The van der Waals surface area contributed by atoms with Gasteiger partial charge in [-0.3, -0.25) is 4.79 Å². The maximum absolute atomic E-state index is 12.6. The van der Waals surface area contributed by atoms with Crippen molar-refractivity contribution in [2.24, 2.45) is 0 Å². The summed E-state index contributed by atoms with van der Waals surface area (Å²) in [5.41, 5.74) is 1.00. The lowest BCUT2D eigenvalue weighted by Crippen LogP contribution is -2.37. The second-order valence-corrected chi connectivity index (χ2v) is 6.36. The molecule has 0 aliphatic rings. The zero-order valence-electron chi connectivity index (χ0n) is 14.8. The normalized spacial score (nSPS) is 13.4. The van der Waals surface area contributed by atoms with Crippen LogP contribution in [0, 0.1) is 0 Å². The quantitative estimate of drug-likeness (QED) is 0.750. The van der Waals surface area contributed by atoms with E-state index in [1.54, 1.807) is 19.6 Å². The predicted molar refractivity (Wildman–Crippen MR) is 98.7 cm³/mol. The zero-order chi connectivity index (χ0) is 17.8. The van der Waals surface area contributed by atoms with Gasteiger partial charge in [-0.15, -0.1) is 0 Å². The van der Waals surface area contributed by atoms with Crippen LogP contribution in [0.25, 0.3) is 10.8 Å². The molecule has 0 fully saturated rings. The fourth-order valence-electron chi connectivity index (χ4n) is 2.91. The smallest absolute Gasteiger partial charge is 0.227 e. The maximum atomic E-state index is 12.6. The maximum Gasteiger partial charge on any atom is 0.227 e. The summed E-state index contributed by atoms with van der Waals surface area (Å²) in [4.78, 5) is 16.6. The number of aromatic nitrogens is 2. The Morgan fingerprint density at radius 3 is 2.68 bits per heavy atom. The molecule has 130 valence electrons. The minimum Gasteiger partial charge on any atom is -0.497 e. The lowest BCUT2D eigenvalue weighted by atomic mass is 9.96. The minimum absolute atomic E-state index is 0.0282. The molecule has 0 radical (unpaired) electrons. The number of amides is 1. The summed E-state index contributed by atoms with van der Waals surface area (Å²) < 4.78 is 7.21. The summed E-state index contributed by atoms with van der Waals surface area (Å²) >= 11 is 0. The second kappa shape index (κ2) is 7.38. The van der Waals surface area contributed by atoms with E-state index >= 15 is 0 Å². The van der Waals surface area contributed by atoms with Gasteiger partial charge < -0.3 is 14.6 Å². The van der Waals surface area contributed by atoms with Crippen LogP contribution in [0.2, 0.25) is 0 Å². The van der Waals surface area contributed by atoms with E-state index in [2.05, 4.69) is 16.4 Å². The molecule has 1 heterocycles. The molecule has 1 aromatic heterocycles. The molecule has 5 nitrogen and oxygen atoms in total. The Hall–Kier alpha value is -2.82. The number of carbonyl (C=O) groups is 1. The second-order valence-electron chi connectivity index (χ2n) is 6.36. The molecule has 0 aliphatic heterocycles. The summed E-state index contributed by atoms with van der Waals surface area (Å²) in [6.07, 6.45) is 5.38. The molecule has 5 heteroatoms. The number of methoxy groups -OCH3 is 1. The molecule has 0 saturated heterocycles. The number of carbonyl (C=O) groups excluding carboxylic acids is 1. The van der Waals surface area contributed by atoms with Crippen LogP contribution in [-0.2, 0) is 11.3 Å². The molecule has 25 heavy (non-hydrogen) atoms. The Kier molecular flexibility index (Phi) is 5.03. The molecule has 2 atom stereocenters. The van der Waals surface area contributed by atoms with E-state index in [1.807, 2.05) is 54.9 Å². The molecule has 0 unspecified atom stereocenters. The summed E-state index contributed by atoms with van der Waals surface area (Å²) in [5, 5.41) is 5.28. The highest BCUT2D eigenvalue weighted by Crippen LogP contribution is 2.25. The van der Waals surface area contributed by atoms with E-state index < -0.39 is 0 Å². The summed E-state index contributed by atoms with van der Waals surface area (Å²) in [6, 6.07) is 12.1. The van der Waals surface area contributed by atoms with Crippen molar-refractivity contribution < 1.29 is 9.53 Å². The van der Waals surface area contributed by atoms with Gasteiger partial charge in [-0.1, -0.05) is 24.3 Å². The Bertz CT molecular complexity index is 859. The van der Waals surface area contributed by atoms with Crippen molar-refractivity contribution in [3.63, 3.8) is 0 Å². The third-order valence-corrected chi connectivity index (χ3v) is 4.40. The van der Waals surface area contributed by atoms with E-state index in [1.165, 1.54) is 0 Å². The Balaban J connectivity index is 1.69. The van der Waals surface area contributed by atoms with Crippen molar-refractivity contribution in [2.45, 2.75) is 32.4 Å². The van der Waals surface area contributed by atoms with Crippen LogP contribution in [0.3, 0.4) is 0 Å².